The molecular weight excluding hydrogens is 277 g/mol. The van der Waals surface area contributed by atoms with Crippen LogP contribution >= 0.6 is 0 Å². The van der Waals surface area contributed by atoms with Gasteiger partial charge >= 0.3 is 6.18 Å². The molecule has 1 saturated carbocycles. The van der Waals surface area contributed by atoms with Crippen LogP contribution in [0.2, 0.25) is 0 Å². The average molecular weight is 306 g/mol. The van der Waals surface area contributed by atoms with Crippen molar-refractivity contribution in [2.45, 2.75) is 76.6 Å². The smallest absolute Gasteiger partial charge is 0.305 e. The maximum atomic E-state index is 12.4. The van der Waals surface area contributed by atoms with E-state index in [9.17, 15) is 13.2 Å². The number of halogens is 3. The maximum Gasteiger partial charge on any atom is 0.401 e. The third-order valence-corrected chi connectivity index (χ3v) is 4.94. The lowest BCUT2D eigenvalue weighted by Gasteiger charge is -2.43. The van der Waals surface area contributed by atoms with Gasteiger partial charge in [0.2, 0.25) is 0 Å². The van der Waals surface area contributed by atoms with Crippen LogP contribution in [0.1, 0.15) is 58.3 Å². The number of piperidine rings is 1. The predicted molar refractivity (Wildman–Crippen MR) is 79.3 cm³/mol. The number of nitrogens with zero attached hydrogens (tertiary/aromatic N) is 1. The summed E-state index contributed by atoms with van der Waals surface area (Å²) >= 11 is 0. The molecule has 0 aromatic carbocycles. The second-order valence-electron chi connectivity index (χ2n) is 6.83. The molecule has 2 nitrogen and oxygen atoms in total. The summed E-state index contributed by atoms with van der Waals surface area (Å²) in [5.41, 5.74) is 0. The molecule has 1 aliphatic carbocycles. The number of hydrogen-bond donors (Lipinski definition) is 1. The van der Waals surface area contributed by atoms with Gasteiger partial charge in [0.25, 0.3) is 0 Å². The predicted octanol–water partition coefficient (Wildman–Crippen LogP) is 3.96. The average Bonchev–Trinajstić information content (AvgIpc) is 2.46. The number of hydrogen-bond acceptors (Lipinski definition) is 2. The van der Waals surface area contributed by atoms with Crippen molar-refractivity contribution >= 4 is 0 Å². The second kappa shape index (κ2) is 7.82. The third-order valence-electron chi connectivity index (χ3n) is 4.94. The van der Waals surface area contributed by atoms with Gasteiger partial charge in [0.15, 0.2) is 0 Å². The van der Waals surface area contributed by atoms with E-state index in [-0.39, 0.29) is 6.04 Å². The minimum atomic E-state index is -4.10. The summed E-state index contributed by atoms with van der Waals surface area (Å²) in [6, 6.07) is 0.604. The highest BCUT2D eigenvalue weighted by molar-refractivity contribution is 4.88. The van der Waals surface area contributed by atoms with E-state index in [1.807, 2.05) is 0 Å². The highest BCUT2D eigenvalue weighted by Gasteiger charge is 2.34. The minimum absolute atomic E-state index is 0.00106. The van der Waals surface area contributed by atoms with E-state index in [1.54, 1.807) is 0 Å². The summed E-state index contributed by atoms with van der Waals surface area (Å²) in [5, 5.41) is 2.75. The molecular formula is C16H29F3N2. The molecule has 2 unspecified atom stereocenters. The fourth-order valence-corrected chi connectivity index (χ4v) is 4.01. The molecule has 0 aromatic rings. The molecule has 2 fully saturated rings. The Balaban J connectivity index is 1.90. The quantitative estimate of drug-likeness (QED) is 0.827. The lowest BCUT2D eigenvalue weighted by molar-refractivity contribution is -0.127. The Labute approximate surface area is 126 Å². The standard InChI is InChI=1S/C16H29F3N2/c1-2-6-13-9-14(20-12-16(17,18)19)11-21(10-13)15-7-4-3-5-8-15/h13-15,20H,2-12H2,1H3. The first-order valence-corrected chi connectivity index (χ1v) is 8.52. The van der Waals surface area contributed by atoms with Crippen LogP contribution < -0.4 is 5.32 Å². The largest absolute Gasteiger partial charge is 0.401 e. The molecule has 0 radical (unpaired) electrons. The van der Waals surface area contributed by atoms with Gasteiger partial charge < -0.3 is 5.32 Å². The van der Waals surface area contributed by atoms with Crippen LogP contribution in [0.3, 0.4) is 0 Å². The zero-order chi connectivity index (χ0) is 15.3. The number of rotatable bonds is 5. The van der Waals surface area contributed by atoms with Gasteiger partial charge in [-0.2, -0.15) is 13.2 Å². The van der Waals surface area contributed by atoms with Crippen LogP contribution in [-0.2, 0) is 0 Å². The third kappa shape index (κ3) is 5.78. The van der Waals surface area contributed by atoms with E-state index in [4.69, 9.17) is 0 Å². The summed E-state index contributed by atoms with van der Waals surface area (Å²) < 4.78 is 37.3. The monoisotopic (exact) mass is 306 g/mol. The van der Waals surface area contributed by atoms with Crippen LogP contribution in [0.4, 0.5) is 13.2 Å². The SMILES string of the molecule is CCCC1CC(NCC(F)(F)F)CN(C2CCCCC2)C1. The van der Waals surface area contributed by atoms with Crippen molar-refractivity contribution in [3.63, 3.8) is 0 Å². The van der Waals surface area contributed by atoms with E-state index in [1.165, 1.54) is 32.1 Å². The van der Waals surface area contributed by atoms with Gasteiger partial charge in [-0.05, 0) is 31.6 Å². The molecule has 2 aliphatic rings. The van der Waals surface area contributed by atoms with Gasteiger partial charge in [-0.1, -0.05) is 32.6 Å². The van der Waals surface area contributed by atoms with Gasteiger partial charge in [-0.15, -0.1) is 0 Å². The lowest BCUT2D eigenvalue weighted by atomic mass is 9.86. The van der Waals surface area contributed by atoms with Gasteiger partial charge in [0, 0.05) is 25.2 Å². The first-order chi connectivity index (χ1) is 9.98. The van der Waals surface area contributed by atoms with Crippen LogP contribution in [0.5, 0.6) is 0 Å². The Hall–Kier alpha value is -0.290. The first kappa shape index (κ1) is 17.1. The maximum absolute atomic E-state index is 12.4. The molecule has 1 heterocycles. The van der Waals surface area contributed by atoms with Crippen molar-refractivity contribution in [2.75, 3.05) is 19.6 Å². The minimum Gasteiger partial charge on any atom is -0.305 e. The van der Waals surface area contributed by atoms with Gasteiger partial charge in [0.1, 0.15) is 0 Å². The van der Waals surface area contributed by atoms with Crippen LogP contribution in [0.15, 0.2) is 0 Å². The summed E-state index contributed by atoms with van der Waals surface area (Å²) in [6.07, 6.45) is 5.37. The van der Waals surface area contributed by atoms with Crippen molar-refractivity contribution in [3.05, 3.63) is 0 Å². The van der Waals surface area contributed by atoms with Crippen molar-refractivity contribution in [2.24, 2.45) is 5.92 Å². The molecule has 0 aromatic heterocycles. The molecule has 2 atom stereocenters. The number of alkyl halides is 3. The van der Waals surface area contributed by atoms with E-state index in [2.05, 4.69) is 17.1 Å². The second-order valence-corrected chi connectivity index (χ2v) is 6.83. The summed E-state index contributed by atoms with van der Waals surface area (Å²) in [5.74, 6) is 0.552. The fraction of sp³-hybridized carbons (Fsp3) is 1.00. The molecule has 21 heavy (non-hydrogen) atoms. The molecule has 1 aliphatic heterocycles. The summed E-state index contributed by atoms with van der Waals surface area (Å²) in [7, 11) is 0. The van der Waals surface area contributed by atoms with Gasteiger partial charge in [-0.3, -0.25) is 4.90 Å². The highest BCUT2D eigenvalue weighted by atomic mass is 19.4. The van der Waals surface area contributed by atoms with Crippen molar-refractivity contribution < 1.29 is 13.2 Å². The Morgan fingerprint density at radius 2 is 1.81 bits per heavy atom. The summed E-state index contributed by atoms with van der Waals surface area (Å²) in [6.45, 7) is 3.19. The van der Waals surface area contributed by atoms with Crippen LogP contribution in [0, 0.1) is 5.92 Å². The zero-order valence-corrected chi connectivity index (χ0v) is 13.1. The van der Waals surface area contributed by atoms with E-state index >= 15 is 0 Å². The van der Waals surface area contributed by atoms with E-state index in [0.29, 0.717) is 12.0 Å². The summed E-state index contributed by atoms with van der Waals surface area (Å²) in [4.78, 5) is 2.48. The molecule has 5 heteroatoms. The highest BCUT2D eigenvalue weighted by Crippen LogP contribution is 2.29. The Kier molecular flexibility index (Phi) is 6.35. The van der Waals surface area contributed by atoms with Gasteiger partial charge in [-0.25, -0.2) is 0 Å². The molecule has 0 bridgehead atoms. The molecule has 124 valence electrons. The molecule has 1 N–H and O–H groups in total. The number of likely N-dealkylation sites (tertiary alicyclic amines) is 1. The molecule has 1 saturated heterocycles. The van der Waals surface area contributed by atoms with E-state index < -0.39 is 12.7 Å². The lowest BCUT2D eigenvalue weighted by Crippen LogP contribution is -2.54. The molecule has 2 rings (SSSR count). The van der Waals surface area contributed by atoms with Crippen LogP contribution in [-0.4, -0.2) is 42.8 Å². The van der Waals surface area contributed by atoms with Crippen LogP contribution in [0.25, 0.3) is 0 Å². The van der Waals surface area contributed by atoms with Gasteiger partial charge in [0.05, 0.1) is 6.54 Å². The Morgan fingerprint density at radius 3 is 2.43 bits per heavy atom. The Bertz CT molecular complexity index is 300. The van der Waals surface area contributed by atoms with E-state index in [0.717, 1.165) is 32.4 Å². The normalized spacial score (nSPS) is 29.7. The zero-order valence-electron chi connectivity index (χ0n) is 13.1. The Morgan fingerprint density at radius 1 is 1.10 bits per heavy atom. The molecule has 0 amide bonds. The van der Waals surface area contributed by atoms with Crippen molar-refractivity contribution in [3.8, 4) is 0 Å². The van der Waals surface area contributed by atoms with Crippen molar-refractivity contribution in [1.82, 2.24) is 10.2 Å². The number of nitrogens with one attached hydrogen (secondary N) is 1. The van der Waals surface area contributed by atoms with Crippen molar-refractivity contribution in [1.29, 1.82) is 0 Å². The first-order valence-electron chi connectivity index (χ1n) is 8.52. The fourth-order valence-electron chi connectivity index (χ4n) is 4.01. The molecule has 0 spiro atoms. The topological polar surface area (TPSA) is 15.3 Å².